The van der Waals surface area contributed by atoms with Gasteiger partial charge < -0.3 is 0 Å². The van der Waals surface area contributed by atoms with Gasteiger partial charge >= 0.3 is 0 Å². The van der Waals surface area contributed by atoms with Crippen LogP contribution in [-0.2, 0) is 0 Å². The highest BCUT2D eigenvalue weighted by molar-refractivity contribution is 5.52. The molecule has 0 radical (unpaired) electrons. The molecule has 0 saturated carbocycles. The summed E-state index contributed by atoms with van der Waals surface area (Å²) in [6.07, 6.45) is 4.78. The summed E-state index contributed by atoms with van der Waals surface area (Å²) in [5.74, 6) is 2.22. The lowest BCUT2D eigenvalue weighted by atomic mass is 9.93. The fraction of sp³-hybridized carbons (Fsp3) is 0.385. The highest BCUT2D eigenvalue weighted by atomic mass is 14.4. The van der Waals surface area contributed by atoms with Gasteiger partial charge in [0.1, 0.15) is 0 Å². The van der Waals surface area contributed by atoms with Gasteiger partial charge in [-0.25, -0.2) is 0 Å². The first-order valence-corrected chi connectivity index (χ1v) is 5.07. The second-order valence-corrected chi connectivity index (χ2v) is 4.37. The molecule has 1 unspecified atom stereocenters. The molecular weight excluding hydrogens is 156 g/mol. The molecule has 0 heteroatoms. The zero-order chi connectivity index (χ0) is 9.00. The van der Waals surface area contributed by atoms with Crippen molar-refractivity contribution in [3.8, 4) is 0 Å². The molecule has 3 atom stereocenters. The van der Waals surface area contributed by atoms with Crippen molar-refractivity contribution in [1.82, 2.24) is 0 Å². The molecular formula is C13H14. The van der Waals surface area contributed by atoms with Gasteiger partial charge in [0, 0.05) is 11.8 Å². The first-order chi connectivity index (χ1) is 6.29. The van der Waals surface area contributed by atoms with Crippen LogP contribution in [0.25, 0.3) is 0 Å². The first-order valence-electron chi connectivity index (χ1n) is 5.07. The molecule has 0 aliphatic heterocycles. The van der Waals surface area contributed by atoms with Crippen LogP contribution in [0.3, 0.4) is 0 Å². The average Bonchev–Trinajstić information content (AvgIpc) is 2.61. The van der Waals surface area contributed by atoms with E-state index >= 15 is 0 Å². The Morgan fingerprint density at radius 1 is 1.08 bits per heavy atom. The van der Waals surface area contributed by atoms with E-state index in [4.69, 9.17) is 0 Å². The van der Waals surface area contributed by atoms with E-state index in [9.17, 15) is 0 Å². The molecule has 2 bridgehead atoms. The molecule has 1 aromatic rings. The highest BCUT2D eigenvalue weighted by Gasteiger charge is 2.39. The maximum Gasteiger partial charge on any atom is 0.00582 e. The smallest absolute Gasteiger partial charge is 0.00582 e. The molecule has 13 heavy (non-hydrogen) atoms. The third kappa shape index (κ3) is 0.763. The van der Waals surface area contributed by atoms with E-state index in [1.807, 2.05) is 0 Å². The molecule has 0 heterocycles. The summed E-state index contributed by atoms with van der Waals surface area (Å²) in [6, 6.07) is 6.72. The quantitative estimate of drug-likeness (QED) is 0.524. The maximum atomic E-state index is 2.39. The first kappa shape index (κ1) is 7.37. The largest absolute Gasteiger partial charge is 0.0801 e. The number of rotatable bonds is 0. The van der Waals surface area contributed by atoms with E-state index in [-0.39, 0.29) is 0 Å². The van der Waals surface area contributed by atoms with E-state index in [2.05, 4.69) is 44.2 Å². The SMILES string of the molecule is Cc1cccc2c1[C@@H]1C=C[C@H]2C1C. The van der Waals surface area contributed by atoms with Gasteiger partial charge in [-0.15, -0.1) is 0 Å². The Morgan fingerprint density at radius 3 is 2.62 bits per heavy atom. The topological polar surface area (TPSA) is 0 Å². The van der Waals surface area contributed by atoms with Crippen molar-refractivity contribution >= 4 is 0 Å². The standard InChI is InChI=1S/C13H14/c1-8-4-3-5-12-10-6-7-11(9(10)2)13(8)12/h3-7,9-11H,1-2H3/t9?,10-,11+/m0/s1. The predicted molar refractivity (Wildman–Crippen MR) is 55.0 cm³/mol. The van der Waals surface area contributed by atoms with Gasteiger partial charge in [0.2, 0.25) is 0 Å². The summed E-state index contributed by atoms with van der Waals surface area (Å²) in [5, 5.41) is 0. The summed E-state index contributed by atoms with van der Waals surface area (Å²) >= 11 is 0. The zero-order valence-electron chi connectivity index (χ0n) is 8.12. The molecule has 0 amide bonds. The molecule has 3 rings (SSSR count). The minimum absolute atomic E-state index is 0.708. The van der Waals surface area contributed by atoms with Gasteiger partial charge in [0.05, 0.1) is 0 Å². The number of hydrogen-bond acceptors (Lipinski definition) is 0. The van der Waals surface area contributed by atoms with Crippen molar-refractivity contribution in [2.45, 2.75) is 25.7 Å². The van der Waals surface area contributed by atoms with Crippen molar-refractivity contribution in [1.29, 1.82) is 0 Å². The van der Waals surface area contributed by atoms with Gasteiger partial charge in [-0.2, -0.15) is 0 Å². The minimum atomic E-state index is 0.708. The van der Waals surface area contributed by atoms with Gasteiger partial charge in [0.15, 0.2) is 0 Å². The molecule has 0 fully saturated rings. The average molecular weight is 170 g/mol. The van der Waals surface area contributed by atoms with Crippen LogP contribution in [0.4, 0.5) is 0 Å². The van der Waals surface area contributed by atoms with Gasteiger partial charge in [-0.3, -0.25) is 0 Å². The van der Waals surface area contributed by atoms with E-state index in [1.165, 1.54) is 5.56 Å². The van der Waals surface area contributed by atoms with E-state index in [0.717, 1.165) is 5.92 Å². The summed E-state index contributed by atoms with van der Waals surface area (Å²) in [5.41, 5.74) is 4.67. The van der Waals surface area contributed by atoms with Gasteiger partial charge in [-0.1, -0.05) is 37.3 Å². The Labute approximate surface area is 79.3 Å². The minimum Gasteiger partial charge on any atom is -0.0801 e. The van der Waals surface area contributed by atoms with Crippen LogP contribution in [0.15, 0.2) is 30.4 Å². The number of hydrogen-bond donors (Lipinski definition) is 0. The Hall–Kier alpha value is -1.04. The van der Waals surface area contributed by atoms with E-state index in [0.29, 0.717) is 11.8 Å². The molecule has 0 nitrogen and oxygen atoms in total. The van der Waals surface area contributed by atoms with Crippen LogP contribution in [0.5, 0.6) is 0 Å². The Kier molecular flexibility index (Phi) is 1.28. The zero-order valence-corrected chi connectivity index (χ0v) is 8.12. The monoisotopic (exact) mass is 170 g/mol. The molecule has 0 spiro atoms. The lowest BCUT2D eigenvalue weighted by Gasteiger charge is -2.12. The van der Waals surface area contributed by atoms with Crippen LogP contribution in [-0.4, -0.2) is 0 Å². The van der Waals surface area contributed by atoms with Gasteiger partial charge in [0.25, 0.3) is 0 Å². The second-order valence-electron chi connectivity index (χ2n) is 4.37. The predicted octanol–water partition coefficient (Wildman–Crippen LogP) is 3.38. The van der Waals surface area contributed by atoms with Crippen molar-refractivity contribution in [2.24, 2.45) is 5.92 Å². The normalized spacial score (nSPS) is 33.8. The highest BCUT2D eigenvalue weighted by Crippen LogP contribution is 2.53. The molecule has 0 aromatic heterocycles. The van der Waals surface area contributed by atoms with Crippen LogP contribution >= 0.6 is 0 Å². The van der Waals surface area contributed by atoms with Crippen LogP contribution in [0, 0.1) is 12.8 Å². The van der Waals surface area contributed by atoms with Crippen LogP contribution in [0.2, 0.25) is 0 Å². The Balaban J connectivity index is 2.28. The molecule has 2 aliphatic carbocycles. The molecule has 1 aromatic carbocycles. The maximum absolute atomic E-state index is 2.39. The molecule has 2 aliphatic rings. The number of fused-ring (bicyclic) bond motifs is 5. The summed E-state index contributed by atoms with van der Waals surface area (Å²) in [6.45, 7) is 4.61. The number of benzene rings is 1. The second kappa shape index (κ2) is 2.25. The molecule has 0 saturated heterocycles. The summed E-state index contributed by atoms with van der Waals surface area (Å²) < 4.78 is 0. The van der Waals surface area contributed by atoms with Crippen LogP contribution in [0.1, 0.15) is 35.4 Å². The number of aryl methyl sites for hydroxylation is 1. The van der Waals surface area contributed by atoms with Crippen molar-refractivity contribution in [3.05, 3.63) is 47.0 Å². The van der Waals surface area contributed by atoms with Crippen molar-refractivity contribution in [3.63, 3.8) is 0 Å². The molecule has 66 valence electrons. The summed E-state index contributed by atoms with van der Waals surface area (Å²) in [7, 11) is 0. The number of allylic oxidation sites excluding steroid dienone is 2. The van der Waals surface area contributed by atoms with Gasteiger partial charge in [-0.05, 0) is 29.5 Å². The fourth-order valence-electron chi connectivity index (χ4n) is 3.01. The van der Waals surface area contributed by atoms with E-state index in [1.54, 1.807) is 11.1 Å². The lowest BCUT2D eigenvalue weighted by Crippen LogP contribution is -1.97. The lowest BCUT2D eigenvalue weighted by molar-refractivity contribution is 0.557. The third-order valence-corrected chi connectivity index (χ3v) is 3.71. The van der Waals surface area contributed by atoms with Crippen LogP contribution < -0.4 is 0 Å². The van der Waals surface area contributed by atoms with E-state index < -0.39 is 0 Å². The Bertz CT molecular complexity index is 387. The summed E-state index contributed by atoms with van der Waals surface area (Å²) in [4.78, 5) is 0. The Morgan fingerprint density at radius 2 is 1.85 bits per heavy atom. The van der Waals surface area contributed by atoms with Crippen molar-refractivity contribution in [2.75, 3.05) is 0 Å². The molecule has 0 N–H and O–H groups in total. The fourth-order valence-corrected chi connectivity index (χ4v) is 3.01. The third-order valence-electron chi connectivity index (χ3n) is 3.71. The van der Waals surface area contributed by atoms with Crippen molar-refractivity contribution < 1.29 is 0 Å².